The van der Waals surface area contributed by atoms with Crippen molar-refractivity contribution in [2.24, 2.45) is 0 Å². The number of carbonyl (C=O) groups is 1. The second-order valence-corrected chi connectivity index (χ2v) is 7.62. The molecule has 1 N–H and O–H groups in total. The van der Waals surface area contributed by atoms with Crippen LogP contribution >= 0.6 is 11.8 Å². The number of carbonyl (C=O) groups excluding carboxylic acids is 1. The van der Waals surface area contributed by atoms with E-state index >= 15 is 0 Å². The third kappa shape index (κ3) is 4.66. The minimum absolute atomic E-state index is 0.0469. The van der Waals surface area contributed by atoms with Gasteiger partial charge in [-0.15, -0.1) is 0 Å². The lowest BCUT2D eigenvalue weighted by atomic mass is 10.1. The van der Waals surface area contributed by atoms with Crippen molar-refractivity contribution in [3.63, 3.8) is 0 Å². The van der Waals surface area contributed by atoms with E-state index in [2.05, 4.69) is 27.0 Å². The molecule has 1 amide bonds. The molecule has 1 fully saturated rings. The summed E-state index contributed by atoms with van der Waals surface area (Å²) in [7, 11) is 0. The van der Waals surface area contributed by atoms with E-state index in [4.69, 9.17) is 9.15 Å². The van der Waals surface area contributed by atoms with Gasteiger partial charge in [0.15, 0.2) is 5.16 Å². The van der Waals surface area contributed by atoms with Crippen molar-refractivity contribution in [2.75, 3.05) is 12.4 Å². The predicted molar refractivity (Wildman–Crippen MR) is 108 cm³/mol. The van der Waals surface area contributed by atoms with Crippen molar-refractivity contribution in [1.82, 2.24) is 14.9 Å². The number of aromatic nitrogens is 2. The predicted octanol–water partition coefficient (Wildman–Crippen LogP) is 3.73. The Bertz CT molecular complexity index is 887. The second-order valence-electron chi connectivity index (χ2n) is 6.68. The highest BCUT2D eigenvalue weighted by molar-refractivity contribution is 7.99. The standard InChI is InChI=1S/C21H23N3O3S/c25-20(22-12-17-8-4-10-26-17)15-28-21-23-13-19(16-6-2-1-3-7-16)24(21)14-18-9-5-11-27-18/h1-4,6-8,10,13,18H,5,9,11-12,14-15H2,(H,22,25). The molecule has 0 spiro atoms. The third-order valence-corrected chi connectivity index (χ3v) is 5.66. The van der Waals surface area contributed by atoms with Crippen LogP contribution in [0.3, 0.4) is 0 Å². The van der Waals surface area contributed by atoms with E-state index in [-0.39, 0.29) is 12.0 Å². The maximum absolute atomic E-state index is 12.2. The molecule has 0 saturated carbocycles. The van der Waals surface area contributed by atoms with E-state index in [1.165, 1.54) is 11.8 Å². The van der Waals surface area contributed by atoms with Gasteiger partial charge in [0.05, 0.1) is 43.1 Å². The molecule has 146 valence electrons. The van der Waals surface area contributed by atoms with Gasteiger partial charge in [0.1, 0.15) is 5.76 Å². The van der Waals surface area contributed by atoms with Crippen molar-refractivity contribution in [3.05, 3.63) is 60.7 Å². The first-order valence-electron chi connectivity index (χ1n) is 9.44. The number of nitrogens with zero attached hydrogens (tertiary/aromatic N) is 2. The van der Waals surface area contributed by atoms with E-state index in [1.54, 1.807) is 6.26 Å². The Kier molecular flexibility index (Phi) is 6.14. The van der Waals surface area contributed by atoms with Gasteiger partial charge in [0.25, 0.3) is 0 Å². The number of benzene rings is 1. The van der Waals surface area contributed by atoms with Gasteiger partial charge in [-0.2, -0.15) is 0 Å². The van der Waals surface area contributed by atoms with Crippen molar-refractivity contribution in [2.45, 2.75) is 37.2 Å². The molecule has 1 aliphatic heterocycles. The summed E-state index contributed by atoms with van der Waals surface area (Å²) >= 11 is 1.44. The van der Waals surface area contributed by atoms with Gasteiger partial charge in [-0.05, 0) is 30.5 Å². The molecule has 28 heavy (non-hydrogen) atoms. The molecule has 4 rings (SSSR count). The molecular formula is C21H23N3O3S. The molecule has 1 aliphatic rings. The Balaban J connectivity index is 1.44. The van der Waals surface area contributed by atoms with Crippen LogP contribution in [0.4, 0.5) is 0 Å². The number of rotatable bonds is 8. The van der Waals surface area contributed by atoms with Crippen molar-refractivity contribution >= 4 is 17.7 Å². The fourth-order valence-corrected chi connectivity index (χ4v) is 4.08. The zero-order valence-corrected chi connectivity index (χ0v) is 16.4. The first-order chi connectivity index (χ1) is 13.8. The van der Waals surface area contributed by atoms with Crippen LogP contribution in [-0.4, -0.2) is 33.9 Å². The second kappa shape index (κ2) is 9.12. The third-order valence-electron chi connectivity index (χ3n) is 4.67. The first-order valence-corrected chi connectivity index (χ1v) is 10.4. The van der Waals surface area contributed by atoms with E-state index in [1.807, 2.05) is 36.5 Å². The topological polar surface area (TPSA) is 69.3 Å². The highest BCUT2D eigenvalue weighted by Crippen LogP contribution is 2.28. The van der Waals surface area contributed by atoms with Crippen LogP contribution in [0.5, 0.6) is 0 Å². The van der Waals surface area contributed by atoms with Crippen molar-refractivity contribution in [1.29, 1.82) is 0 Å². The molecule has 1 saturated heterocycles. The normalized spacial score (nSPS) is 16.4. The molecule has 0 bridgehead atoms. The SMILES string of the molecule is O=C(CSc1ncc(-c2ccccc2)n1CC1CCCO1)NCc1ccco1. The summed E-state index contributed by atoms with van der Waals surface area (Å²) in [6.07, 6.45) is 5.83. The minimum Gasteiger partial charge on any atom is -0.467 e. The van der Waals surface area contributed by atoms with Gasteiger partial charge >= 0.3 is 0 Å². The van der Waals surface area contributed by atoms with Crippen molar-refractivity contribution < 1.29 is 13.9 Å². The van der Waals surface area contributed by atoms with Crippen LogP contribution in [-0.2, 0) is 22.6 Å². The van der Waals surface area contributed by atoms with Gasteiger partial charge < -0.3 is 19.0 Å². The van der Waals surface area contributed by atoms with Gasteiger partial charge in [-0.25, -0.2) is 4.98 Å². The van der Waals surface area contributed by atoms with E-state index in [9.17, 15) is 4.79 Å². The lowest BCUT2D eigenvalue weighted by Gasteiger charge is -2.16. The van der Waals surface area contributed by atoms with Crippen LogP contribution < -0.4 is 5.32 Å². The van der Waals surface area contributed by atoms with Crippen LogP contribution in [0.1, 0.15) is 18.6 Å². The van der Waals surface area contributed by atoms with Gasteiger partial charge in [0.2, 0.25) is 5.91 Å². The molecule has 3 heterocycles. The number of hydrogen-bond acceptors (Lipinski definition) is 5. The summed E-state index contributed by atoms with van der Waals surface area (Å²) in [5.41, 5.74) is 2.16. The Morgan fingerprint density at radius 3 is 2.89 bits per heavy atom. The van der Waals surface area contributed by atoms with Gasteiger partial charge in [-0.1, -0.05) is 42.1 Å². The Hall–Kier alpha value is -2.51. The summed E-state index contributed by atoms with van der Waals surface area (Å²) in [6.45, 7) is 1.96. The molecule has 2 aromatic heterocycles. The van der Waals surface area contributed by atoms with Crippen LogP contribution in [0.15, 0.2) is 64.5 Å². The molecule has 1 atom stereocenters. The highest BCUT2D eigenvalue weighted by Gasteiger charge is 2.21. The summed E-state index contributed by atoms with van der Waals surface area (Å²) in [4.78, 5) is 16.8. The fourth-order valence-electron chi connectivity index (χ4n) is 3.26. The maximum atomic E-state index is 12.2. The number of nitrogens with one attached hydrogen (secondary N) is 1. The average molecular weight is 398 g/mol. The maximum Gasteiger partial charge on any atom is 0.230 e. The summed E-state index contributed by atoms with van der Waals surface area (Å²) in [5.74, 6) is 0.996. The Labute approximate surface area is 168 Å². The molecule has 6 nitrogen and oxygen atoms in total. The smallest absolute Gasteiger partial charge is 0.230 e. The lowest BCUT2D eigenvalue weighted by Crippen LogP contribution is -2.24. The number of imidazole rings is 1. The molecule has 1 unspecified atom stereocenters. The molecular weight excluding hydrogens is 374 g/mol. The Morgan fingerprint density at radius 1 is 1.25 bits per heavy atom. The molecule has 1 aromatic carbocycles. The number of ether oxygens (including phenoxy) is 1. The van der Waals surface area contributed by atoms with Crippen LogP contribution in [0.2, 0.25) is 0 Å². The molecule has 0 aliphatic carbocycles. The van der Waals surface area contributed by atoms with E-state index in [0.29, 0.717) is 12.3 Å². The fraction of sp³-hybridized carbons (Fsp3) is 0.333. The number of amides is 1. The average Bonchev–Trinajstić information content (AvgIpc) is 3.48. The number of thioether (sulfide) groups is 1. The first kappa shape index (κ1) is 18.8. The molecule has 0 radical (unpaired) electrons. The van der Waals surface area contributed by atoms with Crippen LogP contribution in [0, 0.1) is 0 Å². The minimum atomic E-state index is -0.0469. The quantitative estimate of drug-likeness (QED) is 0.587. The zero-order valence-electron chi connectivity index (χ0n) is 15.5. The van der Waals surface area contributed by atoms with Gasteiger partial charge in [-0.3, -0.25) is 4.79 Å². The van der Waals surface area contributed by atoms with E-state index in [0.717, 1.165) is 48.2 Å². The largest absolute Gasteiger partial charge is 0.467 e. The summed E-state index contributed by atoms with van der Waals surface area (Å²) in [6, 6.07) is 13.8. The molecule has 7 heteroatoms. The summed E-state index contributed by atoms with van der Waals surface area (Å²) in [5, 5.41) is 3.71. The van der Waals surface area contributed by atoms with Gasteiger partial charge in [0, 0.05) is 6.61 Å². The van der Waals surface area contributed by atoms with E-state index < -0.39 is 0 Å². The summed E-state index contributed by atoms with van der Waals surface area (Å²) < 4.78 is 13.2. The Morgan fingerprint density at radius 2 is 2.14 bits per heavy atom. The number of furan rings is 1. The lowest BCUT2D eigenvalue weighted by molar-refractivity contribution is -0.118. The monoisotopic (exact) mass is 397 g/mol. The zero-order chi connectivity index (χ0) is 19.2. The highest BCUT2D eigenvalue weighted by atomic mass is 32.2. The molecule has 3 aromatic rings. The van der Waals surface area contributed by atoms with Crippen molar-refractivity contribution in [3.8, 4) is 11.3 Å². The number of hydrogen-bond donors (Lipinski definition) is 1. The van der Waals surface area contributed by atoms with Crippen LogP contribution in [0.25, 0.3) is 11.3 Å².